The first-order valence-electron chi connectivity index (χ1n) is 11.8. The maximum Gasteiger partial charge on any atom is 0.325 e. The number of rotatable bonds is 8. The fourth-order valence-electron chi connectivity index (χ4n) is 5.16. The summed E-state index contributed by atoms with van der Waals surface area (Å²) in [7, 11) is 0. The summed E-state index contributed by atoms with van der Waals surface area (Å²) in [6, 6.07) is 11.2. The Hall–Kier alpha value is -2.57. The van der Waals surface area contributed by atoms with E-state index in [1.165, 1.54) is 4.90 Å². The molecule has 1 aromatic carbocycles. The van der Waals surface area contributed by atoms with E-state index in [1.807, 2.05) is 42.5 Å². The lowest BCUT2D eigenvalue weighted by molar-refractivity contribution is -0.134. The highest BCUT2D eigenvalue weighted by Crippen LogP contribution is 2.39. The zero-order valence-electron chi connectivity index (χ0n) is 18.7. The van der Waals surface area contributed by atoms with Crippen molar-refractivity contribution in [3.05, 3.63) is 65.1 Å². The van der Waals surface area contributed by atoms with Gasteiger partial charge in [-0.25, -0.2) is 4.79 Å². The lowest BCUT2D eigenvalue weighted by atomic mass is 9.74. The van der Waals surface area contributed by atoms with Crippen molar-refractivity contribution in [3.8, 4) is 0 Å². The molecule has 33 heavy (non-hydrogen) atoms. The Morgan fingerprint density at radius 2 is 1.88 bits per heavy atom. The number of carbonyl (C=O) groups is 2. The van der Waals surface area contributed by atoms with Gasteiger partial charge in [0, 0.05) is 24.5 Å². The van der Waals surface area contributed by atoms with Crippen LogP contribution < -0.4 is 5.32 Å². The molecule has 2 aromatic rings. The number of hydrogen-bond acceptors (Lipinski definition) is 4. The maximum absolute atomic E-state index is 13.8. The van der Waals surface area contributed by atoms with E-state index in [4.69, 9.17) is 16.0 Å². The van der Waals surface area contributed by atoms with Crippen LogP contribution in [0.15, 0.2) is 53.2 Å². The van der Waals surface area contributed by atoms with Crippen molar-refractivity contribution in [3.63, 3.8) is 0 Å². The van der Waals surface area contributed by atoms with Crippen LogP contribution in [-0.2, 0) is 11.2 Å². The number of furan rings is 1. The molecule has 3 heterocycles. The maximum atomic E-state index is 13.8. The molecular weight excluding hydrogens is 438 g/mol. The monoisotopic (exact) mass is 467 g/mol. The Kier molecular flexibility index (Phi) is 6.30. The highest BCUT2D eigenvalue weighted by atomic mass is 35.5. The number of halogens is 1. The lowest BCUT2D eigenvalue weighted by Crippen LogP contribution is -2.57. The molecule has 1 aromatic heterocycles. The van der Waals surface area contributed by atoms with Crippen LogP contribution in [0.3, 0.4) is 0 Å². The minimum Gasteiger partial charge on any atom is -0.465 e. The van der Waals surface area contributed by atoms with Crippen molar-refractivity contribution in [1.82, 2.24) is 15.1 Å². The molecule has 3 aliphatic rings. The number of carbonyl (C=O) groups excluding carboxylic acids is 2. The molecule has 3 amide bonds. The number of piperidine rings is 1. The van der Waals surface area contributed by atoms with Crippen LogP contribution in [0.25, 0.3) is 6.08 Å². The van der Waals surface area contributed by atoms with Crippen molar-refractivity contribution < 1.29 is 14.0 Å². The fraction of sp³-hybridized carbons (Fsp3) is 0.462. The second-order valence-corrected chi connectivity index (χ2v) is 9.93. The Morgan fingerprint density at radius 3 is 2.58 bits per heavy atom. The van der Waals surface area contributed by atoms with Gasteiger partial charge in [-0.2, -0.15) is 0 Å². The number of amides is 3. The van der Waals surface area contributed by atoms with E-state index in [1.54, 1.807) is 6.26 Å². The number of nitrogens with zero attached hydrogens (tertiary/aromatic N) is 2. The normalized spacial score (nSPS) is 24.7. The van der Waals surface area contributed by atoms with Gasteiger partial charge in [-0.15, -0.1) is 0 Å². The molecule has 3 fully saturated rings. The van der Waals surface area contributed by atoms with Crippen LogP contribution in [0.2, 0.25) is 5.02 Å². The van der Waals surface area contributed by atoms with Crippen molar-refractivity contribution in [2.75, 3.05) is 26.2 Å². The van der Waals surface area contributed by atoms with Crippen molar-refractivity contribution in [1.29, 1.82) is 0 Å². The first-order valence-corrected chi connectivity index (χ1v) is 12.2. The van der Waals surface area contributed by atoms with E-state index < -0.39 is 5.54 Å². The summed E-state index contributed by atoms with van der Waals surface area (Å²) >= 11 is 6.48. The van der Waals surface area contributed by atoms with Crippen LogP contribution in [0.4, 0.5) is 4.79 Å². The van der Waals surface area contributed by atoms with Crippen LogP contribution in [0, 0.1) is 11.8 Å². The topological polar surface area (TPSA) is 65.8 Å². The predicted molar refractivity (Wildman–Crippen MR) is 128 cm³/mol. The molecular formula is C26H30ClN3O3. The summed E-state index contributed by atoms with van der Waals surface area (Å²) in [4.78, 5) is 30.5. The van der Waals surface area contributed by atoms with Gasteiger partial charge in [-0.3, -0.25) is 14.6 Å². The number of urea groups is 1. The number of hydrogen-bond donors (Lipinski definition) is 1. The molecule has 174 valence electrons. The van der Waals surface area contributed by atoms with Crippen LogP contribution in [-0.4, -0.2) is 53.5 Å². The Balaban J connectivity index is 1.31. The van der Waals surface area contributed by atoms with E-state index in [2.05, 4.69) is 16.3 Å². The average Bonchev–Trinajstić information content (AvgIpc) is 3.43. The summed E-state index contributed by atoms with van der Waals surface area (Å²) in [5.41, 5.74) is -0.0162. The van der Waals surface area contributed by atoms with Gasteiger partial charge >= 0.3 is 6.03 Å². The zero-order valence-corrected chi connectivity index (χ0v) is 19.5. The minimum atomic E-state index is -0.924. The minimum absolute atomic E-state index is 0.0692. The summed E-state index contributed by atoms with van der Waals surface area (Å²) in [5.74, 6) is 1.30. The summed E-state index contributed by atoms with van der Waals surface area (Å²) in [5, 5.41) is 3.80. The van der Waals surface area contributed by atoms with Gasteiger partial charge in [-0.1, -0.05) is 35.9 Å². The second kappa shape index (κ2) is 9.35. The molecule has 1 saturated carbocycles. The van der Waals surface area contributed by atoms with E-state index in [9.17, 15) is 9.59 Å². The Bertz CT molecular complexity index is 1030. The molecule has 0 radical (unpaired) electrons. The summed E-state index contributed by atoms with van der Waals surface area (Å²) < 4.78 is 5.35. The van der Waals surface area contributed by atoms with E-state index in [0.717, 1.165) is 56.6 Å². The van der Waals surface area contributed by atoms with Crippen LogP contribution in [0.1, 0.15) is 37.0 Å². The molecule has 2 saturated heterocycles. The molecule has 1 N–H and O–H groups in total. The molecule has 6 nitrogen and oxygen atoms in total. The summed E-state index contributed by atoms with van der Waals surface area (Å²) in [6.45, 7) is 3.12. The molecule has 2 aliphatic heterocycles. The zero-order chi connectivity index (χ0) is 22.8. The van der Waals surface area contributed by atoms with Gasteiger partial charge in [0.05, 0.1) is 6.26 Å². The Labute approximate surface area is 199 Å². The van der Waals surface area contributed by atoms with E-state index in [0.29, 0.717) is 23.9 Å². The van der Waals surface area contributed by atoms with Crippen molar-refractivity contribution in [2.24, 2.45) is 11.8 Å². The third kappa shape index (κ3) is 4.73. The van der Waals surface area contributed by atoms with Gasteiger partial charge in [-0.05, 0) is 80.4 Å². The standard InChI is InChI=1S/C26H30ClN3O3/c27-23-8-2-1-5-20(23)17-26(24(31)30(25(32)28-26)18-19-9-10-19)21-11-14-29(15-12-21)13-3-6-22-7-4-16-33-22/h1-8,16,19,21H,9-15,17-18H2,(H,28,32)/b6-3+/t26-/m0/s1. The predicted octanol–water partition coefficient (Wildman–Crippen LogP) is 4.60. The average molecular weight is 468 g/mol. The molecule has 5 rings (SSSR count). The molecule has 1 atom stereocenters. The van der Waals surface area contributed by atoms with Gasteiger partial charge < -0.3 is 9.73 Å². The van der Waals surface area contributed by atoms with Gasteiger partial charge in [0.1, 0.15) is 11.3 Å². The van der Waals surface area contributed by atoms with Gasteiger partial charge in [0.15, 0.2) is 0 Å². The van der Waals surface area contributed by atoms with Crippen molar-refractivity contribution in [2.45, 2.75) is 37.6 Å². The van der Waals surface area contributed by atoms with E-state index >= 15 is 0 Å². The van der Waals surface area contributed by atoms with Gasteiger partial charge in [0.25, 0.3) is 5.91 Å². The quantitative estimate of drug-likeness (QED) is 0.576. The molecule has 7 heteroatoms. The third-order valence-electron chi connectivity index (χ3n) is 7.24. The third-order valence-corrected chi connectivity index (χ3v) is 7.61. The molecule has 1 aliphatic carbocycles. The second-order valence-electron chi connectivity index (χ2n) is 9.52. The highest BCUT2D eigenvalue weighted by molar-refractivity contribution is 6.31. The smallest absolute Gasteiger partial charge is 0.325 e. The molecule has 0 bridgehead atoms. The Morgan fingerprint density at radius 1 is 1.09 bits per heavy atom. The highest BCUT2D eigenvalue weighted by Gasteiger charge is 2.56. The number of nitrogens with one attached hydrogen (secondary N) is 1. The van der Waals surface area contributed by atoms with Crippen LogP contribution in [0.5, 0.6) is 0 Å². The van der Waals surface area contributed by atoms with E-state index in [-0.39, 0.29) is 17.9 Å². The first-order chi connectivity index (χ1) is 16.0. The van der Waals surface area contributed by atoms with Gasteiger partial charge in [0.2, 0.25) is 0 Å². The fourth-order valence-corrected chi connectivity index (χ4v) is 5.37. The largest absolute Gasteiger partial charge is 0.465 e. The van der Waals surface area contributed by atoms with Crippen LogP contribution >= 0.6 is 11.6 Å². The van der Waals surface area contributed by atoms with Crippen molar-refractivity contribution >= 4 is 29.6 Å². The SMILES string of the molecule is O=C1N[C@@](Cc2ccccc2Cl)(C2CCN(C/C=C/c3ccco3)CC2)C(=O)N1CC1CC1. The number of benzene rings is 1. The first kappa shape index (κ1) is 22.2. The number of likely N-dealkylation sites (tertiary alicyclic amines) is 1. The molecule has 0 spiro atoms. The lowest BCUT2D eigenvalue weighted by Gasteiger charge is -2.41. The summed E-state index contributed by atoms with van der Waals surface area (Å²) in [6.07, 6.45) is 10.1. The molecule has 0 unspecified atom stereocenters. The number of imide groups is 1.